The van der Waals surface area contributed by atoms with Gasteiger partial charge in [0.25, 0.3) is 0 Å². The van der Waals surface area contributed by atoms with E-state index < -0.39 is 0 Å². The Balaban J connectivity index is 4.01. The van der Waals surface area contributed by atoms with Crippen molar-refractivity contribution in [2.45, 2.75) is 33.3 Å². The third kappa shape index (κ3) is 8.31. The maximum atomic E-state index is 11.8. The highest BCUT2D eigenvalue weighted by atomic mass is 16.3. The first-order valence-corrected chi connectivity index (χ1v) is 6.46. The molecule has 2 N–H and O–H groups in total. The number of hydrogen-bond donors (Lipinski definition) is 2. The molecule has 1 unspecified atom stereocenters. The van der Waals surface area contributed by atoms with Crippen molar-refractivity contribution in [3.8, 4) is 0 Å². The Bertz CT molecular complexity index is 253. The van der Waals surface area contributed by atoms with Gasteiger partial charge in [-0.15, -0.1) is 0 Å². The molecule has 5 nitrogen and oxygen atoms in total. The van der Waals surface area contributed by atoms with E-state index in [9.17, 15) is 9.90 Å². The van der Waals surface area contributed by atoms with Gasteiger partial charge in [0.15, 0.2) is 0 Å². The summed E-state index contributed by atoms with van der Waals surface area (Å²) in [5.74, 6) is 0. The molecule has 0 bridgehead atoms. The van der Waals surface area contributed by atoms with Crippen molar-refractivity contribution in [2.24, 2.45) is 5.41 Å². The number of hydrogen-bond acceptors (Lipinski definition) is 3. The van der Waals surface area contributed by atoms with Crippen molar-refractivity contribution in [1.29, 1.82) is 0 Å². The number of aliphatic hydroxyl groups excluding tert-OH is 1. The first kappa shape index (κ1) is 17.2. The van der Waals surface area contributed by atoms with Crippen LogP contribution in [0, 0.1) is 5.41 Å². The van der Waals surface area contributed by atoms with Crippen molar-refractivity contribution in [2.75, 3.05) is 40.8 Å². The van der Waals surface area contributed by atoms with Crippen LogP contribution in [0.15, 0.2) is 0 Å². The minimum atomic E-state index is -0.344. The Kier molecular flexibility index (Phi) is 7.25. The smallest absolute Gasteiger partial charge is 0.317 e. The minimum Gasteiger partial charge on any atom is -0.393 e. The van der Waals surface area contributed by atoms with Crippen molar-refractivity contribution in [3.63, 3.8) is 0 Å². The number of carbonyl (C=O) groups excluding carboxylic acids is 1. The molecule has 0 aromatic heterocycles. The van der Waals surface area contributed by atoms with E-state index >= 15 is 0 Å². The molecular weight excluding hydrogens is 230 g/mol. The van der Waals surface area contributed by atoms with Gasteiger partial charge in [0.05, 0.1) is 6.10 Å². The molecule has 0 aromatic rings. The molecular formula is C13H29N3O2. The van der Waals surface area contributed by atoms with Crippen LogP contribution in [-0.2, 0) is 0 Å². The molecule has 0 rings (SSSR count). The van der Waals surface area contributed by atoms with Gasteiger partial charge in [-0.05, 0) is 32.9 Å². The molecule has 0 aliphatic carbocycles. The Morgan fingerprint density at radius 3 is 2.28 bits per heavy atom. The summed E-state index contributed by atoms with van der Waals surface area (Å²) in [4.78, 5) is 15.5. The van der Waals surface area contributed by atoms with Crippen LogP contribution in [0.2, 0.25) is 0 Å². The van der Waals surface area contributed by atoms with E-state index in [0.717, 1.165) is 6.54 Å². The summed E-state index contributed by atoms with van der Waals surface area (Å²) in [6, 6.07) is -0.0597. The lowest BCUT2D eigenvalue weighted by atomic mass is 9.87. The molecule has 5 heteroatoms. The zero-order valence-electron chi connectivity index (χ0n) is 12.7. The molecule has 0 saturated carbocycles. The molecule has 0 saturated heterocycles. The van der Waals surface area contributed by atoms with Crippen molar-refractivity contribution in [3.05, 3.63) is 0 Å². The fourth-order valence-electron chi connectivity index (χ4n) is 1.77. The summed E-state index contributed by atoms with van der Waals surface area (Å²) in [5, 5.41) is 12.3. The Morgan fingerprint density at radius 1 is 1.28 bits per heavy atom. The molecule has 0 radical (unpaired) electrons. The van der Waals surface area contributed by atoms with Crippen LogP contribution in [-0.4, -0.2) is 67.8 Å². The number of nitrogens with one attached hydrogen (secondary N) is 1. The van der Waals surface area contributed by atoms with Gasteiger partial charge in [-0.1, -0.05) is 13.8 Å². The monoisotopic (exact) mass is 259 g/mol. The summed E-state index contributed by atoms with van der Waals surface area (Å²) in [6.45, 7) is 7.98. The summed E-state index contributed by atoms with van der Waals surface area (Å²) in [5.41, 5.74) is -0.0911. The van der Waals surface area contributed by atoms with E-state index in [-0.39, 0.29) is 17.6 Å². The Hall–Kier alpha value is -0.810. The molecule has 0 aromatic carbocycles. The maximum absolute atomic E-state index is 11.8. The zero-order chi connectivity index (χ0) is 14.3. The summed E-state index contributed by atoms with van der Waals surface area (Å²) in [7, 11) is 5.76. The number of nitrogens with zero attached hydrogens (tertiary/aromatic N) is 2. The fourth-order valence-corrected chi connectivity index (χ4v) is 1.77. The van der Waals surface area contributed by atoms with Gasteiger partial charge < -0.3 is 20.2 Å². The van der Waals surface area contributed by atoms with Gasteiger partial charge >= 0.3 is 6.03 Å². The molecule has 0 fully saturated rings. The molecule has 18 heavy (non-hydrogen) atoms. The average molecular weight is 259 g/mol. The van der Waals surface area contributed by atoms with Crippen LogP contribution < -0.4 is 5.32 Å². The second kappa shape index (κ2) is 7.59. The van der Waals surface area contributed by atoms with Crippen LogP contribution in [0.3, 0.4) is 0 Å². The summed E-state index contributed by atoms with van der Waals surface area (Å²) in [6.07, 6.45) is 0.331. The topological polar surface area (TPSA) is 55.8 Å². The predicted octanol–water partition coefficient (Wildman–Crippen LogP) is 0.987. The van der Waals surface area contributed by atoms with Crippen molar-refractivity contribution < 1.29 is 9.90 Å². The molecule has 108 valence electrons. The van der Waals surface area contributed by atoms with Crippen LogP contribution in [0.4, 0.5) is 4.79 Å². The van der Waals surface area contributed by atoms with Gasteiger partial charge in [-0.3, -0.25) is 0 Å². The number of likely N-dealkylation sites (N-methyl/N-ethyl adjacent to an activating group) is 2. The van der Waals surface area contributed by atoms with E-state index in [1.165, 1.54) is 0 Å². The zero-order valence-corrected chi connectivity index (χ0v) is 12.7. The third-order valence-corrected chi connectivity index (χ3v) is 2.80. The van der Waals surface area contributed by atoms with Crippen molar-refractivity contribution in [1.82, 2.24) is 15.1 Å². The van der Waals surface area contributed by atoms with Gasteiger partial charge in [-0.2, -0.15) is 0 Å². The molecule has 0 heterocycles. The van der Waals surface area contributed by atoms with E-state index in [1.807, 2.05) is 32.8 Å². The first-order valence-electron chi connectivity index (χ1n) is 6.46. The van der Waals surface area contributed by atoms with Crippen molar-refractivity contribution >= 4 is 6.03 Å². The highest BCUT2D eigenvalue weighted by Gasteiger charge is 2.21. The van der Waals surface area contributed by atoms with E-state index in [0.29, 0.717) is 19.5 Å². The quantitative estimate of drug-likeness (QED) is 0.717. The molecule has 0 spiro atoms. The summed E-state index contributed by atoms with van der Waals surface area (Å²) < 4.78 is 0. The summed E-state index contributed by atoms with van der Waals surface area (Å²) >= 11 is 0. The molecule has 1 atom stereocenters. The third-order valence-electron chi connectivity index (χ3n) is 2.80. The van der Waals surface area contributed by atoms with Crippen LogP contribution in [0.5, 0.6) is 0 Å². The SMILES string of the molecule is CC(O)CC(C)(C)CNC(=O)N(C)CCN(C)C. The van der Waals surface area contributed by atoms with Gasteiger partial charge in [0.1, 0.15) is 0 Å². The number of carbonyl (C=O) groups is 1. The van der Waals surface area contributed by atoms with Gasteiger partial charge in [0, 0.05) is 26.7 Å². The van der Waals surface area contributed by atoms with E-state index in [1.54, 1.807) is 18.9 Å². The molecule has 2 amide bonds. The lowest BCUT2D eigenvalue weighted by molar-refractivity contribution is 0.127. The number of rotatable bonds is 7. The van der Waals surface area contributed by atoms with Crippen LogP contribution in [0.25, 0.3) is 0 Å². The highest BCUT2D eigenvalue weighted by molar-refractivity contribution is 5.73. The van der Waals surface area contributed by atoms with Crippen LogP contribution in [0.1, 0.15) is 27.2 Å². The second-order valence-electron chi connectivity index (χ2n) is 6.10. The maximum Gasteiger partial charge on any atom is 0.317 e. The lowest BCUT2D eigenvalue weighted by Crippen LogP contribution is -2.44. The number of aliphatic hydroxyl groups is 1. The largest absolute Gasteiger partial charge is 0.393 e. The second-order valence-corrected chi connectivity index (χ2v) is 6.10. The Labute approximate surface area is 111 Å². The number of amides is 2. The van der Waals surface area contributed by atoms with Crippen LogP contribution >= 0.6 is 0 Å². The van der Waals surface area contributed by atoms with E-state index in [4.69, 9.17) is 0 Å². The Morgan fingerprint density at radius 2 is 1.83 bits per heavy atom. The molecule has 0 aliphatic rings. The normalized spacial score (nSPS) is 13.6. The molecule has 0 aliphatic heterocycles. The lowest BCUT2D eigenvalue weighted by Gasteiger charge is -2.28. The van der Waals surface area contributed by atoms with E-state index in [2.05, 4.69) is 5.32 Å². The van der Waals surface area contributed by atoms with Gasteiger partial charge in [0.2, 0.25) is 0 Å². The standard InChI is InChI=1S/C13H29N3O2/c1-11(17)9-13(2,3)10-14-12(18)16(6)8-7-15(4)5/h11,17H,7-10H2,1-6H3,(H,14,18). The van der Waals surface area contributed by atoms with Gasteiger partial charge in [-0.25, -0.2) is 4.79 Å². The highest BCUT2D eigenvalue weighted by Crippen LogP contribution is 2.20. The predicted molar refractivity (Wildman–Crippen MR) is 74.7 cm³/mol. The first-order chi connectivity index (χ1) is 8.14. The fraction of sp³-hybridized carbons (Fsp3) is 0.923. The number of urea groups is 1. The minimum absolute atomic E-state index is 0.0597. The average Bonchev–Trinajstić information content (AvgIpc) is 2.20.